The summed E-state index contributed by atoms with van der Waals surface area (Å²) < 4.78 is 28.3. The Bertz CT molecular complexity index is 514. The van der Waals surface area contributed by atoms with Gasteiger partial charge in [0.1, 0.15) is 5.75 Å². The number of ether oxygens (including phenoxy) is 1. The minimum Gasteiger partial charge on any atom is -0.481 e. The molecule has 1 aromatic rings. The first-order valence-electron chi connectivity index (χ1n) is 6.55. The van der Waals surface area contributed by atoms with E-state index in [9.17, 15) is 18.4 Å². The maximum absolute atomic E-state index is 12.3. The highest BCUT2D eigenvalue weighted by molar-refractivity contribution is 5.95. The molecule has 1 amide bonds. The standard InChI is InChI=1S/C14H15F2NO4/c15-14(16)21-11-5-1-9(2-6-11)13(20)17(10-3-4-10)8-7-12(18)19/h1-2,5-6,10,14H,3-4,7-8H2,(H,18,19). The van der Waals surface area contributed by atoms with Crippen LogP contribution in [-0.4, -0.2) is 41.1 Å². The van der Waals surface area contributed by atoms with Gasteiger partial charge in [-0.1, -0.05) is 0 Å². The first-order chi connectivity index (χ1) is 9.97. The monoisotopic (exact) mass is 299 g/mol. The molecule has 0 atom stereocenters. The van der Waals surface area contributed by atoms with Gasteiger partial charge in [0.2, 0.25) is 0 Å². The van der Waals surface area contributed by atoms with Gasteiger partial charge in [0.15, 0.2) is 0 Å². The molecule has 1 aliphatic rings. The van der Waals surface area contributed by atoms with Crippen molar-refractivity contribution in [3.63, 3.8) is 0 Å². The van der Waals surface area contributed by atoms with E-state index in [1.807, 2.05) is 0 Å². The Labute approximate surface area is 120 Å². The molecule has 1 saturated carbocycles. The Kier molecular flexibility index (Phi) is 4.72. The molecule has 0 unspecified atom stereocenters. The number of amides is 1. The van der Waals surface area contributed by atoms with Gasteiger partial charge in [0, 0.05) is 18.2 Å². The minimum absolute atomic E-state index is 0.0231. The van der Waals surface area contributed by atoms with E-state index in [4.69, 9.17) is 5.11 Å². The molecule has 1 N–H and O–H groups in total. The van der Waals surface area contributed by atoms with Crippen LogP contribution in [0.3, 0.4) is 0 Å². The summed E-state index contributed by atoms with van der Waals surface area (Å²) in [6.07, 6.45) is 1.60. The van der Waals surface area contributed by atoms with Gasteiger partial charge in [0.25, 0.3) is 5.91 Å². The number of rotatable bonds is 7. The molecular weight excluding hydrogens is 284 g/mol. The van der Waals surface area contributed by atoms with E-state index in [-0.39, 0.29) is 30.7 Å². The maximum atomic E-state index is 12.3. The lowest BCUT2D eigenvalue weighted by atomic mass is 10.2. The van der Waals surface area contributed by atoms with E-state index in [1.165, 1.54) is 29.2 Å². The van der Waals surface area contributed by atoms with Crippen molar-refractivity contribution in [1.29, 1.82) is 0 Å². The summed E-state index contributed by atoms with van der Waals surface area (Å²) in [5, 5.41) is 8.71. The number of aliphatic carboxylic acids is 1. The van der Waals surface area contributed by atoms with Gasteiger partial charge in [-0.2, -0.15) is 8.78 Å². The molecule has 0 aromatic heterocycles. The third kappa shape index (κ3) is 4.40. The third-order valence-electron chi connectivity index (χ3n) is 3.14. The smallest absolute Gasteiger partial charge is 0.387 e. The van der Waals surface area contributed by atoms with Gasteiger partial charge in [-0.05, 0) is 37.1 Å². The summed E-state index contributed by atoms with van der Waals surface area (Å²) in [5.74, 6) is -1.28. The fourth-order valence-electron chi connectivity index (χ4n) is 2.00. The highest BCUT2D eigenvalue weighted by Gasteiger charge is 2.33. The maximum Gasteiger partial charge on any atom is 0.387 e. The number of carboxylic acid groups (broad SMARTS) is 1. The van der Waals surface area contributed by atoms with Gasteiger partial charge in [-0.25, -0.2) is 0 Å². The predicted octanol–water partition coefficient (Wildman–Crippen LogP) is 2.37. The van der Waals surface area contributed by atoms with Crippen molar-refractivity contribution in [2.75, 3.05) is 6.54 Å². The normalized spacial score (nSPS) is 14.0. The zero-order chi connectivity index (χ0) is 15.4. The molecule has 0 radical (unpaired) electrons. The number of benzene rings is 1. The van der Waals surface area contributed by atoms with Gasteiger partial charge >= 0.3 is 12.6 Å². The Morgan fingerprint density at radius 1 is 1.29 bits per heavy atom. The van der Waals surface area contributed by atoms with Crippen molar-refractivity contribution < 1.29 is 28.2 Å². The second-order valence-corrected chi connectivity index (χ2v) is 4.78. The minimum atomic E-state index is -2.91. The molecule has 1 aromatic carbocycles. The van der Waals surface area contributed by atoms with Crippen molar-refractivity contribution in [3.05, 3.63) is 29.8 Å². The molecule has 1 fully saturated rings. The molecule has 0 saturated heterocycles. The molecule has 0 aliphatic heterocycles. The second kappa shape index (κ2) is 6.51. The van der Waals surface area contributed by atoms with E-state index < -0.39 is 12.6 Å². The average Bonchev–Trinajstić information content (AvgIpc) is 3.23. The van der Waals surface area contributed by atoms with Crippen molar-refractivity contribution in [3.8, 4) is 5.75 Å². The van der Waals surface area contributed by atoms with E-state index in [0.29, 0.717) is 5.56 Å². The van der Waals surface area contributed by atoms with Crippen LogP contribution in [0.15, 0.2) is 24.3 Å². The van der Waals surface area contributed by atoms with Gasteiger partial charge in [-0.15, -0.1) is 0 Å². The average molecular weight is 299 g/mol. The molecule has 21 heavy (non-hydrogen) atoms. The van der Waals surface area contributed by atoms with Gasteiger partial charge < -0.3 is 14.7 Å². The number of carbonyl (C=O) groups excluding carboxylic acids is 1. The molecule has 0 bridgehead atoms. The quantitative estimate of drug-likeness (QED) is 0.839. The highest BCUT2D eigenvalue weighted by atomic mass is 19.3. The summed E-state index contributed by atoms with van der Waals surface area (Å²) in [6.45, 7) is -2.77. The van der Waals surface area contributed by atoms with Crippen LogP contribution in [0.4, 0.5) is 8.78 Å². The van der Waals surface area contributed by atoms with Crippen molar-refractivity contribution in [2.24, 2.45) is 0 Å². The third-order valence-corrected chi connectivity index (χ3v) is 3.14. The van der Waals surface area contributed by atoms with Crippen molar-refractivity contribution in [2.45, 2.75) is 31.9 Å². The predicted molar refractivity (Wildman–Crippen MR) is 69.4 cm³/mol. The number of nitrogens with zero attached hydrogens (tertiary/aromatic N) is 1. The number of carbonyl (C=O) groups is 2. The van der Waals surface area contributed by atoms with E-state index >= 15 is 0 Å². The molecule has 1 aliphatic carbocycles. The van der Waals surface area contributed by atoms with Crippen LogP contribution in [0.1, 0.15) is 29.6 Å². The zero-order valence-corrected chi connectivity index (χ0v) is 11.2. The van der Waals surface area contributed by atoms with E-state index in [2.05, 4.69) is 4.74 Å². The van der Waals surface area contributed by atoms with Crippen LogP contribution < -0.4 is 4.74 Å². The molecule has 0 heterocycles. The summed E-state index contributed by atoms with van der Waals surface area (Å²) in [4.78, 5) is 24.5. The Morgan fingerprint density at radius 3 is 2.38 bits per heavy atom. The number of alkyl halides is 2. The summed E-state index contributed by atoms with van der Waals surface area (Å²) in [6, 6.07) is 5.46. The zero-order valence-electron chi connectivity index (χ0n) is 11.2. The fraction of sp³-hybridized carbons (Fsp3) is 0.429. The van der Waals surface area contributed by atoms with Gasteiger partial charge in [0.05, 0.1) is 6.42 Å². The van der Waals surface area contributed by atoms with E-state index in [1.54, 1.807) is 0 Å². The van der Waals surface area contributed by atoms with Crippen molar-refractivity contribution in [1.82, 2.24) is 4.90 Å². The molecular formula is C14H15F2NO4. The fourth-order valence-corrected chi connectivity index (χ4v) is 2.00. The molecule has 114 valence electrons. The summed E-state index contributed by atoms with van der Waals surface area (Å²) in [5.41, 5.74) is 0.328. The molecule has 5 nitrogen and oxygen atoms in total. The van der Waals surface area contributed by atoms with Crippen LogP contribution in [0.2, 0.25) is 0 Å². The summed E-state index contributed by atoms with van der Waals surface area (Å²) >= 11 is 0. The first kappa shape index (κ1) is 15.2. The summed E-state index contributed by atoms with van der Waals surface area (Å²) in [7, 11) is 0. The van der Waals surface area contributed by atoms with Gasteiger partial charge in [-0.3, -0.25) is 9.59 Å². The lowest BCUT2D eigenvalue weighted by molar-refractivity contribution is -0.137. The Balaban J connectivity index is 2.04. The lowest BCUT2D eigenvalue weighted by Gasteiger charge is -2.21. The molecule has 2 rings (SSSR count). The van der Waals surface area contributed by atoms with Crippen LogP contribution >= 0.6 is 0 Å². The van der Waals surface area contributed by atoms with Crippen molar-refractivity contribution >= 4 is 11.9 Å². The second-order valence-electron chi connectivity index (χ2n) is 4.78. The number of carboxylic acids is 1. The number of hydrogen-bond acceptors (Lipinski definition) is 3. The Hall–Kier alpha value is -2.18. The highest BCUT2D eigenvalue weighted by Crippen LogP contribution is 2.28. The van der Waals surface area contributed by atoms with Crippen LogP contribution in [-0.2, 0) is 4.79 Å². The largest absolute Gasteiger partial charge is 0.481 e. The van der Waals surface area contributed by atoms with E-state index in [0.717, 1.165) is 12.8 Å². The van der Waals surface area contributed by atoms with Crippen LogP contribution in [0.25, 0.3) is 0 Å². The number of halogens is 2. The SMILES string of the molecule is O=C(O)CCN(C(=O)c1ccc(OC(F)F)cc1)C1CC1. The first-order valence-corrected chi connectivity index (χ1v) is 6.55. The number of hydrogen-bond donors (Lipinski definition) is 1. The lowest BCUT2D eigenvalue weighted by Crippen LogP contribution is -2.34. The topological polar surface area (TPSA) is 66.8 Å². The van der Waals surface area contributed by atoms with Crippen LogP contribution in [0.5, 0.6) is 5.75 Å². The van der Waals surface area contributed by atoms with Crippen LogP contribution in [0, 0.1) is 0 Å². The Morgan fingerprint density at radius 2 is 1.90 bits per heavy atom. The molecule has 7 heteroatoms. The molecule has 0 spiro atoms.